The van der Waals surface area contributed by atoms with Gasteiger partial charge in [-0.25, -0.2) is 8.42 Å². The van der Waals surface area contributed by atoms with Crippen LogP contribution in [0.25, 0.3) is 0 Å². The number of carbonyl (C=O) groups excluding carboxylic acids is 1. The van der Waals surface area contributed by atoms with Crippen molar-refractivity contribution in [2.75, 3.05) is 6.26 Å². The number of pyridine rings is 1. The van der Waals surface area contributed by atoms with E-state index in [1.165, 1.54) is 22.9 Å². The lowest BCUT2D eigenvalue weighted by atomic mass is 10.2. The van der Waals surface area contributed by atoms with Gasteiger partial charge in [-0.1, -0.05) is 27.5 Å². The van der Waals surface area contributed by atoms with Gasteiger partial charge in [0.2, 0.25) is 0 Å². The molecule has 9 heteroatoms. The lowest BCUT2D eigenvalue weighted by molar-refractivity contribution is 0.0997. The average Bonchev–Trinajstić information content (AvgIpc) is 2.40. The van der Waals surface area contributed by atoms with Gasteiger partial charge in [0, 0.05) is 16.9 Å². The number of hydrogen-bond donors (Lipinski definition) is 2. The van der Waals surface area contributed by atoms with Crippen LogP contribution in [0.15, 0.2) is 39.8 Å². The van der Waals surface area contributed by atoms with Crippen LogP contribution in [0.5, 0.6) is 0 Å². The lowest BCUT2D eigenvalue weighted by Gasteiger charge is -2.13. The third-order valence-corrected chi connectivity index (χ3v) is 5.03. The molecule has 3 N–H and O–H groups in total. The highest BCUT2D eigenvalue weighted by atomic mass is 79.9. The maximum Gasteiger partial charge on any atom is 0.252 e. The maximum atomic E-state index is 11.9. The quantitative estimate of drug-likeness (QED) is 0.792. The van der Waals surface area contributed by atoms with Gasteiger partial charge in [0.05, 0.1) is 22.0 Å². The summed E-state index contributed by atoms with van der Waals surface area (Å²) in [5, 5.41) is 8.27. The van der Waals surface area contributed by atoms with Crippen LogP contribution in [0.4, 0.5) is 0 Å². The van der Waals surface area contributed by atoms with Crippen molar-refractivity contribution in [1.82, 2.24) is 4.57 Å². The van der Waals surface area contributed by atoms with Crippen molar-refractivity contribution < 1.29 is 13.2 Å². The summed E-state index contributed by atoms with van der Waals surface area (Å²) >= 11 is 9.25. The van der Waals surface area contributed by atoms with Gasteiger partial charge in [-0.3, -0.25) is 10.2 Å². The van der Waals surface area contributed by atoms with Crippen molar-refractivity contribution in [3.63, 3.8) is 0 Å². The standard InChI is InChI=1S/C14H13BrClN3O3S/c1-23(21,22)12-3-2-9(15)4-8(12)6-19-7-10(16)5-11(13(19)17)14(18)20/h2-5,7,17H,6H2,1H3,(H2,18,20). The summed E-state index contributed by atoms with van der Waals surface area (Å²) in [4.78, 5) is 11.5. The fraction of sp³-hybridized carbons (Fsp3) is 0.143. The third-order valence-electron chi connectivity index (χ3n) is 3.13. The summed E-state index contributed by atoms with van der Waals surface area (Å²) in [5.41, 5.74) is 5.53. The van der Waals surface area contributed by atoms with Gasteiger partial charge >= 0.3 is 0 Å². The van der Waals surface area contributed by atoms with Crippen LogP contribution in [0.3, 0.4) is 0 Å². The zero-order chi connectivity index (χ0) is 17.4. The fourth-order valence-corrected chi connectivity index (χ4v) is 3.69. The molecule has 1 heterocycles. The molecule has 2 aromatic rings. The van der Waals surface area contributed by atoms with Crippen molar-refractivity contribution in [3.05, 3.63) is 56.6 Å². The van der Waals surface area contributed by atoms with Gasteiger partial charge in [-0.15, -0.1) is 0 Å². The molecule has 0 aliphatic carbocycles. The molecule has 0 atom stereocenters. The van der Waals surface area contributed by atoms with Crippen molar-refractivity contribution in [1.29, 1.82) is 5.41 Å². The molecule has 0 radical (unpaired) electrons. The van der Waals surface area contributed by atoms with Gasteiger partial charge in [0.25, 0.3) is 5.91 Å². The molecule has 0 unspecified atom stereocenters. The number of aromatic nitrogens is 1. The van der Waals surface area contributed by atoms with Crippen molar-refractivity contribution in [2.45, 2.75) is 11.4 Å². The van der Waals surface area contributed by atoms with E-state index in [2.05, 4.69) is 15.9 Å². The van der Waals surface area contributed by atoms with E-state index in [0.29, 0.717) is 10.0 Å². The van der Waals surface area contributed by atoms with E-state index in [9.17, 15) is 13.2 Å². The largest absolute Gasteiger partial charge is 0.365 e. The van der Waals surface area contributed by atoms with Crippen molar-refractivity contribution >= 4 is 43.3 Å². The third kappa shape index (κ3) is 4.01. The second-order valence-corrected chi connectivity index (χ2v) is 8.27. The SMILES string of the molecule is CS(=O)(=O)c1ccc(Br)cc1Cn1cc(Cl)cc(C(N)=O)c1=N. The van der Waals surface area contributed by atoms with E-state index in [4.69, 9.17) is 22.7 Å². The Morgan fingerprint density at radius 2 is 2.04 bits per heavy atom. The predicted molar refractivity (Wildman–Crippen MR) is 90.2 cm³/mol. The Bertz CT molecular complexity index is 954. The molecule has 0 aliphatic heterocycles. The van der Waals surface area contributed by atoms with Crippen LogP contribution in [0.1, 0.15) is 15.9 Å². The van der Waals surface area contributed by atoms with Gasteiger partial charge in [0.15, 0.2) is 9.84 Å². The number of carbonyl (C=O) groups is 1. The Morgan fingerprint density at radius 1 is 1.39 bits per heavy atom. The van der Waals surface area contributed by atoms with E-state index in [-0.39, 0.29) is 27.5 Å². The summed E-state index contributed by atoms with van der Waals surface area (Å²) in [6.07, 6.45) is 2.56. The smallest absolute Gasteiger partial charge is 0.252 e. The van der Waals surface area contributed by atoms with Crippen LogP contribution < -0.4 is 11.2 Å². The van der Waals surface area contributed by atoms with Crippen molar-refractivity contribution in [2.24, 2.45) is 5.73 Å². The molecule has 0 saturated carbocycles. The van der Waals surface area contributed by atoms with E-state index in [1.54, 1.807) is 12.1 Å². The normalized spacial score (nSPS) is 11.4. The zero-order valence-electron chi connectivity index (χ0n) is 12.0. The minimum atomic E-state index is -3.44. The zero-order valence-corrected chi connectivity index (χ0v) is 15.2. The molecule has 0 fully saturated rings. The first-order valence-corrected chi connectivity index (χ1v) is 9.38. The Kier molecular flexibility index (Phi) is 4.98. The highest BCUT2D eigenvalue weighted by molar-refractivity contribution is 9.10. The van der Waals surface area contributed by atoms with Crippen LogP contribution >= 0.6 is 27.5 Å². The number of nitrogens with two attached hydrogens (primary N) is 1. The predicted octanol–water partition coefficient (Wildman–Crippen LogP) is 1.93. The number of primary amides is 1. The molecule has 1 aromatic carbocycles. The molecule has 1 aromatic heterocycles. The number of sulfone groups is 1. The molecule has 0 saturated heterocycles. The highest BCUT2D eigenvalue weighted by Crippen LogP contribution is 2.22. The summed E-state index contributed by atoms with van der Waals surface area (Å²) in [7, 11) is -3.44. The topological polar surface area (TPSA) is 106 Å². The molecule has 0 spiro atoms. The molecule has 6 nitrogen and oxygen atoms in total. The van der Waals surface area contributed by atoms with Gasteiger partial charge < -0.3 is 10.3 Å². The lowest BCUT2D eigenvalue weighted by Crippen LogP contribution is -2.30. The Hall–Kier alpha value is -1.64. The van der Waals surface area contributed by atoms with E-state index >= 15 is 0 Å². The summed E-state index contributed by atoms with van der Waals surface area (Å²) in [6.45, 7) is 0.0571. The number of halogens is 2. The number of rotatable bonds is 4. The second kappa shape index (κ2) is 6.46. The monoisotopic (exact) mass is 417 g/mol. The molecule has 0 bridgehead atoms. The van der Waals surface area contributed by atoms with Gasteiger partial charge in [-0.05, 0) is 29.8 Å². The number of amides is 1. The molecule has 1 amide bonds. The van der Waals surface area contributed by atoms with Gasteiger partial charge in [-0.2, -0.15) is 0 Å². The summed E-state index contributed by atoms with van der Waals surface area (Å²) in [5.74, 6) is -0.774. The Balaban J connectivity index is 2.63. The van der Waals surface area contributed by atoms with Crippen molar-refractivity contribution in [3.8, 4) is 0 Å². The first-order valence-electron chi connectivity index (χ1n) is 6.32. The van der Waals surface area contributed by atoms with Crippen LogP contribution in [-0.4, -0.2) is 25.1 Å². The van der Waals surface area contributed by atoms with Crippen LogP contribution in [0, 0.1) is 5.41 Å². The molecule has 0 aliphatic rings. The Labute approximate surface area is 146 Å². The molecule has 2 rings (SSSR count). The number of benzene rings is 1. The fourth-order valence-electron chi connectivity index (χ4n) is 2.14. The number of nitrogens with one attached hydrogen (secondary N) is 1. The van der Waals surface area contributed by atoms with E-state index < -0.39 is 15.7 Å². The van der Waals surface area contributed by atoms with E-state index in [0.717, 1.165) is 6.26 Å². The first-order chi connectivity index (χ1) is 10.6. The number of nitrogens with zero attached hydrogens (tertiary/aromatic N) is 1. The summed E-state index contributed by atoms with van der Waals surface area (Å²) < 4.78 is 25.9. The second-order valence-electron chi connectivity index (χ2n) is 4.94. The highest BCUT2D eigenvalue weighted by Gasteiger charge is 2.15. The summed E-state index contributed by atoms with van der Waals surface area (Å²) in [6, 6.07) is 6.06. The number of hydrogen-bond acceptors (Lipinski definition) is 4. The molecular formula is C14H13BrClN3O3S. The molecule has 23 heavy (non-hydrogen) atoms. The molecular weight excluding hydrogens is 406 g/mol. The minimum absolute atomic E-state index is 0.0339. The Morgan fingerprint density at radius 3 is 2.61 bits per heavy atom. The van der Waals surface area contributed by atoms with Crippen LogP contribution in [-0.2, 0) is 16.4 Å². The van der Waals surface area contributed by atoms with Crippen LogP contribution in [0.2, 0.25) is 5.02 Å². The minimum Gasteiger partial charge on any atom is -0.365 e. The van der Waals surface area contributed by atoms with E-state index in [1.807, 2.05) is 0 Å². The van der Waals surface area contributed by atoms with Gasteiger partial charge in [0.1, 0.15) is 5.49 Å². The first kappa shape index (κ1) is 17.7. The average molecular weight is 419 g/mol. The molecule has 122 valence electrons. The maximum absolute atomic E-state index is 11.9.